The fraction of sp³-hybridized carbons (Fsp3) is 0.471. The van der Waals surface area contributed by atoms with Crippen molar-refractivity contribution in [1.82, 2.24) is 29.8 Å². The molecule has 1 aliphatic rings. The Kier molecular flexibility index (Phi) is 3.93. The summed E-state index contributed by atoms with van der Waals surface area (Å²) in [6.07, 6.45) is 5.27. The Morgan fingerprint density at radius 2 is 2.12 bits per heavy atom. The second-order valence-corrected chi connectivity index (χ2v) is 6.64. The molecule has 0 atom stereocenters. The lowest BCUT2D eigenvalue weighted by atomic mass is 9.94. The highest BCUT2D eigenvalue weighted by Crippen LogP contribution is 2.24. The van der Waals surface area contributed by atoms with Crippen LogP contribution >= 0.6 is 0 Å². The van der Waals surface area contributed by atoms with Crippen LogP contribution in [0.2, 0.25) is 0 Å². The minimum absolute atomic E-state index is 0.505. The third-order valence-corrected chi connectivity index (χ3v) is 4.79. The lowest BCUT2D eigenvalue weighted by molar-refractivity contribution is 0.216. The van der Waals surface area contributed by atoms with Crippen LogP contribution in [-0.2, 0) is 13.5 Å². The fourth-order valence-corrected chi connectivity index (χ4v) is 3.26. The molecular weight excluding hydrogens is 304 g/mol. The molecule has 0 aromatic carbocycles. The summed E-state index contributed by atoms with van der Waals surface area (Å²) in [6.45, 7) is 2.30. The Hall–Kier alpha value is -2.41. The molecule has 1 saturated heterocycles. The molecule has 0 amide bonds. The van der Waals surface area contributed by atoms with E-state index in [-0.39, 0.29) is 0 Å². The third-order valence-electron chi connectivity index (χ3n) is 4.79. The molecule has 7 heteroatoms. The van der Waals surface area contributed by atoms with Crippen molar-refractivity contribution in [2.45, 2.75) is 19.3 Å². The average Bonchev–Trinajstić information content (AvgIpc) is 3.29. The van der Waals surface area contributed by atoms with Gasteiger partial charge in [0.25, 0.3) is 5.89 Å². The van der Waals surface area contributed by atoms with Crippen molar-refractivity contribution in [1.29, 1.82) is 0 Å². The highest BCUT2D eigenvalue weighted by Gasteiger charge is 2.20. The summed E-state index contributed by atoms with van der Waals surface area (Å²) in [5.41, 5.74) is 2.67. The molecule has 126 valence electrons. The highest BCUT2D eigenvalue weighted by molar-refractivity contribution is 5.61. The molecule has 0 unspecified atom stereocenters. The van der Waals surface area contributed by atoms with Gasteiger partial charge in [-0.15, -0.1) is 0 Å². The largest absolute Gasteiger partial charge is 0.349 e. The van der Waals surface area contributed by atoms with Gasteiger partial charge in [-0.2, -0.15) is 10.1 Å². The van der Waals surface area contributed by atoms with Gasteiger partial charge in [-0.05, 0) is 57.1 Å². The van der Waals surface area contributed by atoms with Gasteiger partial charge in [0, 0.05) is 19.7 Å². The van der Waals surface area contributed by atoms with Crippen molar-refractivity contribution in [2.24, 2.45) is 13.0 Å². The third kappa shape index (κ3) is 2.99. The quantitative estimate of drug-likeness (QED) is 0.796. The van der Waals surface area contributed by atoms with E-state index in [4.69, 9.17) is 4.52 Å². The van der Waals surface area contributed by atoms with Gasteiger partial charge in [0.2, 0.25) is 0 Å². The SMILES string of the molecule is CN1CCC(Cc2noc(-c3cc(-c4cccn4C)n[nH]3)n2)CC1. The summed E-state index contributed by atoms with van der Waals surface area (Å²) in [7, 11) is 4.17. The maximum atomic E-state index is 5.42. The summed E-state index contributed by atoms with van der Waals surface area (Å²) >= 11 is 0. The molecule has 3 aromatic heterocycles. The van der Waals surface area contributed by atoms with E-state index in [9.17, 15) is 0 Å². The highest BCUT2D eigenvalue weighted by atomic mass is 16.5. The molecular formula is C17H22N6O. The summed E-state index contributed by atoms with van der Waals surface area (Å²) < 4.78 is 7.45. The Morgan fingerprint density at radius 3 is 2.88 bits per heavy atom. The van der Waals surface area contributed by atoms with Crippen molar-refractivity contribution in [3.05, 3.63) is 30.2 Å². The number of aromatic nitrogens is 5. The molecule has 1 fully saturated rings. The minimum Gasteiger partial charge on any atom is -0.349 e. The first kappa shape index (κ1) is 15.1. The van der Waals surface area contributed by atoms with Gasteiger partial charge in [-0.25, -0.2) is 0 Å². The molecule has 1 N–H and O–H groups in total. The summed E-state index contributed by atoms with van der Waals surface area (Å²) in [6, 6.07) is 5.97. The van der Waals surface area contributed by atoms with Gasteiger partial charge in [-0.1, -0.05) is 5.16 Å². The van der Waals surface area contributed by atoms with Crippen LogP contribution in [0.5, 0.6) is 0 Å². The van der Waals surface area contributed by atoms with Crippen molar-refractivity contribution < 1.29 is 4.52 Å². The number of nitrogens with one attached hydrogen (secondary N) is 1. The van der Waals surface area contributed by atoms with Crippen LogP contribution in [0.25, 0.3) is 23.0 Å². The number of piperidine rings is 1. The van der Waals surface area contributed by atoms with E-state index in [2.05, 4.69) is 32.3 Å². The standard InChI is InChI=1S/C17H22N6O/c1-22-8-5-12(6-9-22)10-16-18-17(24-21-16)14-11-13(19-20-14)15-4-3-7-23(15)2/h3-4,7,11-12H,5-6,8-10H2,1-2H3,(H,19,20). The number of hydrogen-bond donors (Lipinski definition) is 1. The zero-order valence-corrected chi connectivity index (χ0v) is 14.1. The topological polar surface area (TPSA) is 75.8 Å². The number of aromatic amines is 1. The van der Waals surface area contributed by atoms with E-state index in [1.165, 1.54) is 12.8 Å². The van der Waals surface area contributed by atoms with Gasteiger partial charge >= 0.3 is 0 Å². The van der Waals surface area contributed by atoms with E-state index in [1.807, 2.05) is 36.0 Å². The van der Waals surface area contributed by atoms with Crippen molar-refractivity contribution >= 4 is 0 Å². The predicted octanol–water partition coefficient (Wildman–Crippen LogP) is 2.35. The molecule has 0 bridgehead atoms. The summed E-state index contributed by atoms with van der Waals surface area (Å²) in [5.74, 6) is 1.94. The minimum atomic E-state index is 0.505. The molecule has 0 saturated carbocycles. The number of hydrogen-bond acceptors (Lipinski definition) is 5. The van der Waals surface area contributed by atoms with E-state index in [0.29, 0.717) is 11.8 Å². The molecule has 4 heterocycles. The van der Waals surface area contributed by atoms with E-state index < -0.39 is 0 Å². The van der Waals surface area contributed by atoms with Crippen LogP contribution in [-0.4, -0.2) is 49.9 Å². The Morgan fingerprint density at radius 1 is 1.29 bits per heavy atom. The average molecular weight is 326 g/mol. The van der Waals surface area contributed by atoms with Crippen molar-refractivity contribution in [3.8, 4) is 23.0 Å². The summed E-state index contributed by atoms with van der Waals surface area (Å²) in [4.78, 5) is 6.91. The van der Waals surface area contributed by atoms with Crippen LogP contribution in [0.1, 0.15) is 18.7 Å². The Balaban J connectivity index is 1.47. The van der Waals surface area contributed by atoms with E-state index in [0.717, 1.165) is 42.4 Å². The zero-order chi connectivity index (χ0) is 16.5. The number of likely N-dealkylation sites (tertiary alicyclic amines) is 1. The maximum Gasteiger partial charge on any atom is 0.275 e. The lowest BCUT2D eigenvalue weighted by Gasteiger charge is -2.27. The molecule has 3 aromatic rings. The van der Waals surface area contributed by atoms with Crippen molar-refractivity contribution in [3.63, 3.8) is 0 Å². The first-order valence-electron chi connectivity index (χ1n) is 8.37. The second kappa shape index (κ2) is 6.24. The van der Waals surface area contributed by atoms with Crippen LogP contribution < -0.4 is 0 Å². The van der Waals surface area contributed by atoms with Gasteiger partial charge in [0.05, 0.1) is 5.69 Å². The van der Waals surface area contributed by atoms with Crippen LogP contribution in [0.15, 0.2) is 28.9 Å². The Bertz CT molecular complexity index is 809. The van der Waals surface area contributed by atoms with Gasteiger partial charge in [-0.3, -0.25) is 5.10 Å². The normalized spacial score (nSPS) is 16.8. The van der Waals surface area contributed by atoms with Gasteiger partial charge in [0.15, 0.2) is 5.82 Å². The molecule has 4 rings (SSSR count). The van der Waals surface area contributed by atoms with Crippen LogP contribution in [0.4, 0.5) is 0 Å². The van der Waals surface area contributed by atoms with Gasteiger partial charge < -0.3 is 14.0 Å². The van der Waals surface area contributed by atoms with Crippen LogP contribution in [0.3, 0.4) is 0 Å². The summed E-state index contributed by atoms with van der Waals surface area (Å²) in [5, 5.41) is 11.5. The van der Waals surface area contributed by atoms with E-state index >= 15 is 0 Å². The molecule has 24 heavy (non-hydrogen) atoms. The van der Waals surface area contributed by atoms with Gasteiger partial charge in [0.1, 0.15) is 11.4 Å². The maximum absolute atomic E-state index is 5.42. The first-order chi connectivity index (χ1) is 11.7. The molecule has 1 aliphatic heterocycles. The molecule has 0 aliphatic carbocycles. The Labute approximate surface area is 140 Å². The fourth-order valence-electron chi connectivity index (χ4n) is 3.26. The number of H-pyrrole nitrogens is 1. The number of rotatable bonds is 4. The number of nitrogens with zero attached hydrogens (tertiary/aromatic N) is 5. The lowest BCUT2D eigenvalue weighted by Crippen LogP contribution is -2.31. The monoisotopic (exact) mass is 326 g/mol. The first-order valence-corrected chi connectivity index (χ1v) is 8.37. The molecule has 0 spiro atoms. The zero-order valence-electron chi connectivity index (χ0n) is 14.1. The predicted molar refractivity (Wildman–Crippen MR) is 90.2 cm³/mol. The molecule has 0 radical (unpaired) electrons. The molecule has 7 nitrogen and oxygen atoms in total. The smallest absolute Gasteiger partial charge is 0.275 e. The second-order valence-electron chi connectivity index (χ2n) is 6.64. The van der Waals surface area contributed by atoms with Crippen molar-refractivity contribution in [2.75, 3.05) is 20.1 Å². The van der Waals surface area contributed by atoms with E-state index in [1.54, 1.807) is 0 Å². The number of aryl methyl sites for hydroxylation is 1. The van der Waals surface area contributed by atoms with Crippen LogP contribution in [0, 0.1) is 5.92 Å².